The first-order chi connectivity index (χ1) is 11.1. The summed E-state index contributed by atoms with van der Waals surface area (Å²) in [4.78, 5) is 12.1. The first kappa shape index (κ1) is 14.9. The van der Waals surface area contributed by atoms with Crippen LogP contribution in [0.15, 0.2) is 60.7 Å². The van der Waals surface area contributed by atoms with Crippen molar-refractivity contribution in [1.29, 1.82) is 0 Å². The van der Waals surface area contributed by atoms with Crippen molar-refractivity contribution in [1.82, 2.24) is 10.2 Å². The van der Waals surface area contributed by atoms with E-state index in [4.69, 9.17) is 0 Å². The van der Waals surface area contributed by atoms with Crippen LogP contribution in [0, 0.1) is 12.7 Å². The second-order valence-electron chi connectivity index (χ2n) is 5.28. The average molecular weight is 306 g/mol. The van der Waals surface area contributed by atoms with Crippen LogP contribution in [0.1, 0.15) is 21.6 Å². The van der Waals surface area contributed by atoms with E-state index in [0.29, 0.717) is 17.0 Å². The minimum Gasteiger partial charge on any atom is -0.289 e. The molecule has 2 aromatic carbocycles. The van der Waals surface area contributed by atoms with Gasteiger partial charge in [0.2, 0.25) is 0 Å². The van der Waals surface area contributed by atoms with Gasteiger partial charge >= 0.3 is 0 Å². The minimum atomic E-state index is -0.284. The molecule has 0 aliphatic carbocycles. The Kier molecular flexibility index (Phi) is 4.15. The summed E-state index contributed by atoms with van der Waals surface area (Å²) in [5, 5.41) is 7.02. The van der Waals surface area contributed by atoms with Gasteiger partial charge in [-0.2, -0.15) is 5.10 Å². The zero-order valence-corrected chi connectivity index (χ0v) is 12.6. The molecule has 1 heterocycles. The summed E-state index contributed by atoms with van der Waals surface area (Å²) in [6.07, 6.45) is 3.19. The molecule has 3 nitrogen and oxygen atoms in total. The maximum absolute atomic E-state index is 12.9. The first-order valence-electron chi connectivity index (χ1n) is 7.22. The summed E-state index contributed by atoms with van der Waals surface area (Å²) >= 11 is 0. The lowest BCUT2D eigenvalue weighted by molar-refractivity contribution is 0.104. The molecule has 0 radical (unpaired) electrons. The molecule has 0 unspecified atom stereocenters. The maximum atomic E-state index is 12.9. The highest BCUT2D eigenvalue weighted by Crippen LogP contribution is 2.18. The molecule has 0 aliphatic rings. The first-order valence-corrected chi connectivity index (χ1v) is 7.22. The molecule has 0 saturated carbocycles. The predicted molar refractivity (Wildman–Crippen MR) is 88.5 cm³/mol. The molecule has 1 aromatic heterocycles. The van der Waals surface area contributed by atoms with E-state index in [1.54, 1.807) is 30.3 Å². The number of aryl methyl sites for hydroxylation is 1. The number of halogens is 1. The molecule has 0 spiro atoms. The Bertz CT molecular complexity index is 846. The fourth-order valence-corrected chi connectivity index (χ4v) is 2.17. The van der Waals surface area contributed by atoms with Crippen molar-refractivity contribution in [3.8, 4) is 11.3 Å². The van der Waals surface area contributed by atoms with Gasteiger partial charge in [-0.25, -0.2) is 4.39 Å². The van der Waals surface area contributed by atoms with Crippen molar-refractivity contribution in [2.45, 2.75) is 6.92 Å². The number of hydrogen-bond donors (Lipinski definition) is 1. The van der Waals surface area contributed by atoms with E-state index in [1.807, 2.05) is 25.1 Å². The number of allylic oxidation sites excluding steroid dienone is 1. The van der Waals surface area contributed by atoms with Gasteiger partial charge < -0.3 is 0 Å². The summed E-state index contributed by atoms with van der Waals surface area (Å²) in [5.74, 6) is -0.351. The van der Waals surface area contributed by atoms with Crippen molar-refractivity contribution < 1.29 is 9.18 Å². The van der Waals surface area contributed by atoms with Crippen molar-refractivity contribution >= 4 is 11.9 Å². The van der Waals surface area contributed by atoms with Crippen LogP contribution in [-0.4, -0.2) is 16.0 Å². The molecule has 23 heavy (non-hydrogen) atoms. The van der Waals surface area contributed by atoms with E-state index in [0.717, 1.165) is 11.1 Å². The van der Waals surface area contributed by atoms with E-state index < -0.39 is 0 Å². The zero-order valence-electron chi connectivity index (χ0n) is 12.6. The Morgan fingerprint density at radius 3 is 2.48 bits per heavy atom. The number of aromatic amines is 1. The van der Waals surface area contributed by atoms with E-state index in [9.17, 15) is 9.18 Å². The lowest BCUT2D eigenvalue weighted by atomic mass is 10.1. The highest BCUT2D eigenvalue weighted by molar-refractivity contribution is 6.06. The Hall–Kier alpha value is -3.01. The second kappa shape index (κ2) is 6.40. The largest absolute Gasteiger partial charge is 0.289 e. The highest BCUT2D eigenvalue weighted by atomic mass is 19.1. The lowest BCUT2D eigenvalue weighted by Crippen LogP contribution is -1.93. The highest BCUT2D eigenvalue weighted by Gasteiger charge is 2.04. The van der Waals surface area contributed by atoms with Crippen LogP contribution >= 0.6 is 0 Å². The Balaban J connectivity index is 1.74. The van der Waals surface area contributed by atoms with E-state index in [1.165, 1.54) is 18.2 Å². The summed E-state index contributed by atoms with van der Waals surface area (Å²) in [6, 6.07) is 15.3. The quantitative estimate of drug-likeness (QED) is 0.573. The Labute approximate surface area is 133 Å². The van der Waals surface area contributed by atoms with Crippen LogP contribution < -0.4 is 0 Å². The van der Waals surface area contributed by atoms with Crippen LogP contribution in [0.3, 0.4) is 0 Å². The van der Waals surface area contributed by atoms with Crippen molar-refractivity contribution in [2.75, 3.05) is 0 Å². The van der Waals surface area contributed by atoms with Crippen LogP contribution in [-0.2, 0) is 0 Å². The number of carbonyl (C=O) groups is 1. The summed E-state index contributed by atoms with van der Waals surface area (Å²) in [5.41, 5.74) is 3.98. The van der Waals surface area contributed by atoms with Gasteiger partial charge in [0.05, 0.1) is 11.4 Å². The van der Waals surface area contributed by atoms with Gasteiger partial charge in [0.15, 0.2) is 5.78 Å². The number of rotatable bonds is 4. The maximum Gasteiger partial charge on any atom is 0.185 e. The molecule has 0 amide bonds. The normalized spacial score (nSPS) is 11.0. The lowest BCUT2D eigenvalue weighted by Gasteiger charge is -1.96. The zero-order chi connectivity index (χ0) is 16.2. The topological polar surface area (TPSA) is 45.8 Å². The molecular weight excluding hydrogens is 291 g/mol. The van der Waals surface area contributed by atoms with Gasteiger partial charge in [-0.1, -0.05) is 29.8 Å². The van der Waals surface area contributed by atoms with E-state index in [-0.39, 0.29) is 11.6 Å². The Morgan fingerprint density at radius 2 is 1.78 bits per heavy atom. The minimum absolute atomic E-state index is 0.0667. The van der Waals surface area contributed by atoms with Crippen molar-refractivity contribution in [3.63, 3.8) is 0 Å². The Morgan fingerprint density at radius 1 is 1.09 bits per heavy atom. The molecule has 0 aliphatic heterocycles. The summed E-state index contributed by atoms with van der Waals surface area (Å²) < 4.78 is 12.9. The number of nitrogens with one attached hydrogen (secondary N) is 1. The monoisotopic (exact) mass is 306 g/mol. The van der Waals surface area contributed by atoms with Gasteiger partial charge in [0.1, 0.15) is 5.82 Å². The van der Waals surface area contributed by atoms with Crippen LogP contribution in [0.4, 0.5) is 4.39 Å². The smallest absolute Gasteiger partial charge is 0.185 e. The van der Waals surface area contributed by atoms with Crippen LogP contribution in [0.5, 0.6) is 0 Å². The molecule has 0 atom stereocenters. The number of nitrogens with zero attached hydrogens (tertiary/aromatic N) is 1. The predicted octanol–water partition coefficient (Wildman–Crippen LogP) is 4.42. The fraction of sp³-hybridized carbons (Fsp3) is 0.0526. The van der Waals surface area contributed by atoms with E-state index >= 15 is 0 Å². The molecule has 1 N–H and O–H groups in total. The molecular formula is C19H15FN2O. The molecule has 0 fully saturated rings. The number of ketones is 1. The van der Waals surface area contributed by atoms with E-state index in [2.05, 4.69) is 10.2 Å². The number of carbonyl (C=O) groups excluding carboxylic acids is 1. The van der Waals surface area contributed by atoms with Gasteiger partial charge in [0, 0.05) is 11.1 Å². The molecule has 3 rings (SSSR count). The number of benzene rings is 2. The van der Waals surface area contributed by atoms with Gasteiger partial charge in [0.25, 0.3) is 0 Å². The summed E-state index contributed by atoms with van der Waals surface area (Å²) in [7, 11) is 0. The average Bonchev–Trinajstić information content (AvgIpc) is 3.03. The second-order valence-corrected chi connectivity index (χ2v) is 5.28. The standard InChI is InChI=1S/C19H15FN2O/c1-13-2-4-15(5-3-13)19(23)11-10-17-12-18(22-21-17)14-6-8-16(20)9-7-14/h2-12H,1H3,(H,21,22). The van der Waals surface area contributed by atoms with Crippen LogP contribution in [0.25, 0.3) is 17.3 Å². The number of aromatic nitrogens is 2. The molecule has 0 saturated heterocycles. The third-order valence-corrected chi connectivity index (χ3v) is 3.49. The molecule has 4 heteroatoms. The third-order valence-electron chi connectivity index (χ3n) is 3.49. The van der Waals surface area contributed by atoms with Gasteiger partial charge in [-0.3, -0.25) is 9.89 Å². The fourth-order valence-electron chi connectivity index (χ4n) is 2.17. The number of hydrogen-bond acceptors (Lipinski definition) is 2. The van der Waals surface area contributed by atoms with Gasteiger partial charge in [-0.05, 0) is 49.4 Å². The molecule has 0 bridgehead atoms. The molecule has 3 aromatic rings. The summed E-state index contributed by atoms with van der Waals surface area (Å²) in [6.45, 7) is 1.98. The third kappa shape index (κ3) is 3.61. The SMILES string of the molecule is Cc1ccc(C(=O)C=Cc2cc(-c3ccc(F)cc3)n[nH]2)cc1. The van der Waals surface area contributed by atoms with Crippen molar-refractivity contribution in [3.05, 3.63) is 83.3 Å². The van der Waals surface area contributed by atoms with Gasteiger partial charge in [-0.15, -0.1) is 0 Å². The van der Waals surface area contributed by atoms with Crippen molar-refractivity contribution in [2.24, 2.45) is 0 Å². The van der Waals surface area contributed by atoms with Crippen LogP contribution in [0.2, 0.25) is 0 Å². The molecule has 114 valence electrons. The number of H-pyrrole nitrogens is 1.